The fourth-order valence-electron chi connectivity index (χ4n) is 6.83. The van der Waals surface area contributed by atoms with E-state index in [-0.39, 0.29) is 25.2 Å². The standard InChI is InChI=1S/C44H82N2O6/c1-5-7-9-11-13-15-17-19-20-22-24-26-28-30-32-34-43(48)51-39-41(52-44(49)46-36-40(37-46)35-45(3)4)38-50-42(47)33-31-29-27-25-23-21-18-16-14-12-10-8-6-2/h19-20,40-41H,5-18,21-39H2,1-4H3/b20-19-. The van der Waals surface area contributed by atoms with Gasteiger partial charge in [-0.3, -0.25) is 9.59 Å². The van der Waals surface area contributed by atoms with Crippen molar-refractivity contribution in [3.63, 3.8) is 0 Å². The van der Waals surface area contributed by atoms with Gasteiger partial charge in [0.15, 0.2) is 6.10 Å². The van der Waals surface area contributed by atoms with Crippen LogP contribution < -0.4 is 0 Å². The molecule has 1 amide bonds. The lowest BCUT2D eigenvalue weighted by Gasteiger charge is -2.40. The summed E-state index contributed by atoms with van der Waals surface area (Å²) in [6.45, 7) is 6.51. The van der Waals surface area contributed by atoms with Crippen molar-refractivity contribution < 1.29 is 28.6 Å². The molecule has 1 aliphatic rings. The summed E-state index contributed by atoms with van der Waals surface area (Å²) in [6.07, 6.45) is 36.0. The molecule has 1 fully saturated rings. The number of nitrogens with zero attached hydrogens (tertiary/aromatic N) is 2. The van der Waals surface area contributed by atoms with Gasteiger partial charge in [0.05, 0.1) is 0 Å². The zero-order valence-corrected chi connectivity index (χ0v) is 34.5. The quantitative estimate of drug-likeness (QED) is 0.0274. The smallest absolute Gasteiger partial charge is 0.410 e. The average molecular weight is 735 g/mol. The Morgan fingerprint density at radius 2 is 0.942 bits per heavy atom. The predicted molar refractivity (Wildman–Crippen MR) is 216 cm³/mol. The Morgan fingerprint density at radius 1 is 0.577 bits per heavy atom. The number of hydrogen-bond acceptors (Lipinski definition) is 7. The highest BCUT2D eigenvalue weighted by molar-refractivity contribution is 5.70. The second-order valence-corrected chi connectivity index (χ2v) is 15.7. The van der Waals surface area contributed by atoms with Crippen LogP contribution in [0, 0.1) is 5.92 Å². The summed E-state index contributed by atoms with van der Waals surface area (Å²) >= 11 is 0. The average Bonchev–Trinajstić information content (AvgIpc) is 3.10. The molecule has 0 aliphatic carbocycles. The van der Waals surface area contributed by atoms with Crippen LogP contribution in [0.15, 0.2) is 12.2 Å². The number of likely N-dealkylation sites (tertiary alicyclic amines) is 1. The van der Waals surface area contributed by atoms with E-state index in [9.17, 15) is 14.4 Å². The molecule has 0 radical (unpaired) electrons. The van der Waals surface area contributed by atoms with E-state index in [4.69, 9.17) is 14.2 Å². The van der Waals surface area contributed by atoms with Crippen LogP contribution in [0.2, 0.25) is 0 Å². The van der Waals surface area contributed by atoms with Crippen LogP contribution in [-0.2, 0) is 23.8 Å². The van der Waals surface area contributed by atoms with Crippen LogP contribution in [0.1, 0.15) is 194 Å². The Labute approximate surface area is 320 Å². The molecule has 0 aromatic heterocycles. The van der Waals surface area contributed by atoms with E-state index in [1.54, 1.807) is 4.90 Å². The number of hydrogen-bond donors (Lipinski definition) is 0. The molecule has 0 saturated carbocycles. The third-order valence-corrected chi connectivity index (χ3v) is 10.1. The van der Waals surface area contributed by atoms with Gasteiger partial charge in [-0.05, 0) is 52.6 Å². The number of ether oxygens (including phenoxy) is 3. The molecule has 0 N–H and O–H groups in total. The first-order chi connectivity index (χ1) is 25.3. The molecule has 1 saturated heterocycles. The first-order valence-corrected chi connectivity index (χ1v) is 21.9. The summed E-state index contributed by atoms with van der Waals surface area (Å²) in [5.41, 5.74) is 0. The van der Waals surface area contributed by atoms with Gasteiger partial charge in [0.2, 0.25) is 0 Å². The van der Waals surface area contributed by atoms with Crippen molar-refractivity contribution in [3.8, 4) is 0 Å². The minimum absolute atomic E-state index is 0.0985. The van der Waals surface area contributed by atoms with Crippen molar-refractivity contribution >= 4 is 18.0 Å². The fraction of sp³-hybridized carbons (Fsp3) is 0.886. The summed E-state index contributed by atoms with van der Waals surface area (Å²) in [5.74, 6) is -0.172. The van der Waals surface area contributed by atoms with Crippen LogP contribution >= 0.6 is 0 Å². The number of carbonyl (C=O) groups is 3. The van der Waals surface area contributed by atoms with Crippen LogP contribution in [-0.4, -0.2) is 80.9 Å². The number of amides is 1. The first kappa shape index (κ1) is 47.9. The lowest BCUT2D eigenvalue weighted by atomic mass is 10.0. The van der Waals surface area contributed by atoms with Crippen molar-refractivity contribution in [1.29, 1.82) is 0 Å². The van der Waals surface area contributed by atoms with Gasteiger partial charge in [0, 0.05) is 38.4 Å². The van der Waals surface area contributed by atoms with Gasteiger partial charge in [-0.15, -0.1) is 0 Å². The van der Waals surface area contributed by atoms with Crippen LogP contribution in [0.5, 0.6) is 0 Å². The van der Waals surface area contributed by atoms with E-state index >= 15 is 0 Å². The van der Waals surface area contributed by atoms with Crippen molar-refractivity contribution in [2.75, 3.05) is 46.9 Å². The molecular weight excluding hydrogens is 652 g/mol. The van der Waals surface area contributed by atoms with Gasteiger partial charge >= 0.3 is 18.0 Å². The van der Waals surface area contributed by atoms with Crippen molar-refractivity contribution in [2.24, 2.45) is 5.92 Å². The van der Waals surface area contributed by atoms with Gasteiger partial charge < -0.3 is 24.0 Å². The van der Waals surface area contributed by atoms with Gasteiger partial charge in [0.25, 0.3) is 0 Å². The zero-order valence-electron chi connectivity index (χ0n) is 34.5. The van der Waals surface area contributed by atoms with E-state index in [2.05, 4.69) is 30.9 Å². The molecule has 0 aromatic carbocycles. The topological polar surface area (TPSA) is 85.4 Å². The Kier molecular flexibility index (Phi) is 32.0. The molecule has 1 rings (SSSR count). The van der Waals surface area contributed by atoms with Gasteiger partial charge in [-0.1, -0.05) is 154 Å². The molecule has 1 atom stereocenters. The third-order valence-electron chi connectivity index (χ3n) is 10.1. The molecule has 1 unspecified atom stereocenters. The van der Waals surface area contributed by atoms with Gasteiger partial charge in [0.1, 0.15) is 13.2 Å². The summed E-state index contributed by atoms with van der Waals surface area (Å²) in [6, 6.07) is 0. The van der Waals surface area contributed by atoms with Crippen molar-refractivity contribution in [1.82, 2.24) is 9.80 Å². The third kappa shape index (κ3) is 29.4. The lowest BCUT2D eigenvalue weighted by Crippen LogP contribution is -2.54. The highest BCUT2D eigenvalue weighted by Gasteiger charge is 2.33. The van der Waals surface area contributed by atoms with E-state index in [1.165, 1.54) is 122 Å². The van der Waals surface area contributed by atoms with Crippen LogP contribution in [0.25, 0.3) is 0 Å². The van der Waals surface area contributed by atoms with Crippen LogP contribution in [0.4, 0.5) is 4.79 Å². The number of unbranched alkanes of at least 4 members (excludes halogenated alkanes) is 23. The fourth-order valence-corrected chi connectivity index (χ4v) is 6.83. The first-order valence-electron chi connectivity index (χ1n) is 21.9. The molecule has 1 aliphatic heterocycles. The lowest BCUT2D eigenvalue weighted by molar-refractivity contribution is -0.153. The van der Waals surface area contributed by atoms with E-state index in [0.29, 0.717) is 31.8 Å². The molecule has 8 nitrogen and oxygen atoms in total. The minimum atomic E-state index is -0.811. The normalized spacial score (nSPS) is 13.8. The summed E-state index contributed by atoms with van der Waals surface area (Å²) in [4.78, 5) is 41.6. The Morgan fingerprint density at radius 3 is 1.33 bits per heavy atom. The molecule has 0 aromatic rings. The second kappa shape index (κ2) is 34.7. The Balaban J connectivity index is 2.23. The zero-order chi connectivity index (χ0) is 37.9. The number of allylic oxidation sites excluding steroid dienone is 2. The maximum absolute atomic E-state index is 12.8. The van der Waals surface area contributed by atoms with E-state index in [0.717, 1.165) is 51.5 Å². The molecule has 304 valence electrons. The van der Waals surface area contributed by atoms with Crippen molar-refractivity contribution in [2.45, 2.75) is 200 Å². The maximum atomic E-state index is 12.8. The van der Waals surface area contributed by atoms with Gasteiger partial charge in [-0.25, -0.2) is 4.79 Å². The monoisotopic (exact) mass is 735 g/mol. The summed E-state index contributed by atoms with van der Waals surface area (Å²) in [5, 5.41) is 0. The number of rotatable bonds is 36. The van der Waals surface area contributed by atoms with Gasteiger partial charge in [-0.2, -0.15) is 0 Å². The minimum Gasteiger partial charge on any atom is -0.462 e. The molecule has 8 heteroatoms. The molecule has 0 bridgehead atoms. The highest BCUT2D eigenvalue weighted by atomic mass is 16.6. The number of carbonyl (C=O) groups excluding carboxylic acids is 3. The molecule has 0 spiro atoms. The Hall–Kier alpha value is -2.09. The van der Waals surface area contributed by atoms with E-state index in [1.807, 2.05) is 14.1 Å². The molecular formula is C44H82N2O6. The number of esters is 2. The Bertz CT molecular complexity index is 888. The largest absolute Gasteiger partial charge is 0.462 e. The molecule has 1 heterocycles. The summed E-state index contributed by atoms with van der Waals surface area (Å²) < 4.78 is 16.7. The van der Waals surface area contributed by atoms with Crippen molar-refractivity contribution in [3.05, 3.63) is 12.2 Å². The van der Waals surface area contributed by atoms with E-state index < -0.39 is 12.2 Å². The summed E-state index contributed by atoms with van der Waals surface area (Å²) in [7, 11) is 4.05. The maximum Gasteiger partial charge on any atom is 0.410 e. The SMILES string of the molecule is CCCCCCCC/C=C\CCCCCCCC(=O)OCC(COC(=O)CCCCCCCCCCCCCCC)OC(=O)N1CC(CN(C)C)C1. The predicted octanol–water partition coefficient (Wildman–Crippen LogP) is 11.6. The second-order valence-electron chi connectivity index (χ2n) is 15.7. The highest BCUT2D eigenvalue weighted by Crippen LogP contribution is 2.19. The van der Waals surface area contributed by atoms with Crippen LogP contribution in [0.3, 0.4) is 0 Å². The molecule has 52 heavy (non-hydrogen) atoms.